The third kappa shape index (κ3) is 3.66. The highest BCUT2D eigenvalue weighted by atomic mass is 19.1. The molecule has 0 aliphatic carbocycles. The fraction of sp³-hybridized carbons (Fsp3) is 0.0435. The van der Waals surface area contributed by atoms with Crippen LogP contribution < -0.4 is 10.1 Å². The SMILES string of the molecule is O=C(Nc1nc2ccc(C3=NCC(=O)c4ccc(F)cc43)cc2[nH]1)Oc1ccccc1. The van der Waals surface area contributed by atoms with E-state index in [0.717, 1.165) is 0 Å². The summed E-state index contributed by atoms with van der Waals surface area (Å²) in [6.45, 7) is 0.00705. The minimum absolute atomic E-state index is 0.00705. The van der Waals surface area contributed by atoms with E-state index < -0.39 is 11.9 Å². The monoisotopic (exact) mass is 414 g/mol. The molecule has 0 atom stereocenters. The number of ether oxygens (including phenoxy) is 1. The smallest absolute Gasteiger partial charge is 0.410 e. The maximum atomic E-state index is 13.8. The molecule has 8 heteroatoms. The molecule has 152 valence electrons. The van der Waals surface area contributed by atoms with E-state index in [0.29, 0.717) is 39.2 Å². The molecule has 1 aliphatic rings. The number of hydrogen-bond acceptors (Lipinski definition) is 5. The van der Waals surface area contributed by atoms with Crippen molar-refractivity contribution in [1.29, 1.82) is 0 Å². The summed E-state index contributed by atoms with van der Waals surface area (Å²) in [6, 6.07) is 18.1. The zero-order valence-corrected chi connectivity index (χ0v) is 16.1. The van der Waals surface area contributed by atoms with E-state index in [1.54, 1.807) is 42.5 Å². The standard InChI is InChI=1S/C23H15FN4O3/c24-14-7-8-16-17(11-14)21(25-12-20(16)29)13-6-9-18-19(10-13)27-22(26-18)28-23(30)31-15-4-2-1-3-5-15/h1-11H,12H2,(H2,26,27,28,30). The van der Waals surface area contributed by atoms with Gasteiger partial charge in [0.15, 0.2) is 5.78 Å². The molecule has 7 nitrogen and oxygen atoms in total. The Morgan fingerprint density at radius 1 is 1.03 bits per heavy atom. The van der Waals surface area contributed by atoms with Gasteiger partial charge in [-0.25, -0.2) is 14.2 Å². The molecule has 0 spiro atoms. The fourth-order valence-electron chi connectivity index (χ4n) is 3.46. The zero-order valence-electron chi connectivity index (χ0n) is 16.1. The van der Waals surface area contributed by atoms with Crippen molar-refractivity contribution in [2.45, 2.75) is 0 Å². The molecule has 2 N–H and O–H groups in total. The first-order valence-corrected chi connectivity index (χ1v) is 9.48. The second-order valence-corrected chi connectivity index (χ2v) is 6.92. The van der Waals surface area contributed by atoms with E-state index in [1.807, 2.05) is 6.07 Å². The second-order valence-electron chi connectivity index (χ2n) is 6.92. The molecule has 0 saturated heterocycles. The van der Waals surface area contributed by atoms with Gasteiger partial charge in [0.1, 0.15) is 18.1 Å². The molecular formula is C23H15FN4O3. The summed E-state index contributed by atoms with van der Waals surface area (Å²) in [7, 11) is 0. The van der Waals surface area contributed by atoms with Crippen LogP contribution >= 0.6 is 0 Å². The number of anilines is 1. The summed E-state index contributed by atoms with van der Waals surface area (Å²) in [5.41, 5.74) is 3.40. The number of halogens is 1. The number of nitrogens with zero attached hydrogens (tertiary/aromatic N) is 2. The molecule has 1 aromatic heterocycles. The Kier molecular flexibility index (Phi) is 4.51. The first-order chi connectivity index (χ1) is 15.1. The van der Waals surface area contributed by atoms with Crippen molar-refractivity contribution >= 4 is 34.6 Å². The van der Waals surface area contributed by atoms with E-state index in [2.05, 4.69) is 20.3 Å². The van der Waals surface area contributed by atoms with Crippen LogP contribution in [0.5, 0.6) is 5.75 Å². The molecule has 0 bridgehead atoms. The Morgan fingerprint density at radius 3 is 2.71 bits per heavy atom. The van der Waals surface area contributed by atoms with Crippen molar-refractivity contribution in [1.82, 2.24) is 9.97 Å². The number of para-hydroxylation sites is 1. The lowest BCUT2D eigenvalue weighted by atomic mass is 9.92. The lowest BCUT2D eigenvalue weighted by Crippen LogP contribution is -2.20. The third-order valence-corrected chi connectivity index (χ3v) is 4.85. The van der Waals surface area contributed by atoms with Gasteiger partial charge in [0.05, 0.1) is 16.7 Å². The second kappa shape index (κ2) is 7.49. The minimum atomic E-state index is -0.676. The van der Waals surface area contributed by atoms with Gasteiger partial charge >= 0.3 is 6.09 Å². The molecule has 3 aromatic carbocycles. The molecule has 0 saturated carbocycles. The maximum absolute atomic E-state index is 13.8. The van der Waals surface area contributed by atoms with Crippen molar-refractivity contribution in [2.75, 3.05) is 11.9 Å². The van der Waals surface area contributed by atoms with Gasteiger partial charge in [-0.15, -0.1) is 0 Å². The normalized spacial score (nSPS) is 12.9. The van der Waals surface area contributed by atoms with Crippen LogP contribution in [0.25, 0.3) is 11.0 Å². The number of imidazole rings is 1. The van der Waals surface area contributed by atoms with Gasteiger partial charge in [-0.05, 0) is 42.5 Å². The Balaban J connectivity index is 1.42. The molecule has 31 heavy (non-hydrogen) atoms. The quantitative estimate of drug-likeness (QED) is 0.521. The van der Waals surface area contributed by atoms with Gasteiger partial charge in [0.25, 0.3) is 0 Å². The first kappa shape index (κ1) is 18.7. The summed E-state index contributed by atoms with van der Waals surface area (Å²) >= 11 is 0. The lowest BCUT2D eigenvalue weighted by molar-refractivity contribution is 0.1000. The summed E-state index contributed by atoms with van der Waals surface area (Å²) in [5.74, 6) is 0.0476. The predicted octanol–water partition coefficient (Wildman–Crippen LogP) is 4.35. The van der Waals surface area contributed by atoms with Crippen molar-refractivity contribution < 1.29 is 18.7 Å². The predicted molar refractivity (Wildman–Crippen MR) is 113 cm³/mol. The topological polar surface area (TPSA) is 96.4 Å². The number of H-pyrrole nitrogens is 1. The van der Waals surface area contributed by atoms with Gasteiger partial charge in [-0.3, -0.25) is 15.1 Å². The zero-order chi connectivity index (χ0) is 21.4. The van der Waals surface area contributed by atoms with Crippen LogP contribution in [0.1, 0.15) is 21.5 Å². The highest BCUT2D eigenvalue weighted by molar-refractivity contribution is 6.22. The Morgan fingerprint density at radius 2 is 1.87 bits per heavy atom. The van der Waals surface area contributed by atoms with Crippen LogP contribution in [0, 0.1) is 5.82 Å². The molecule has 1 amide bonds. The number of aromatic amines is 1. The van der Waals surface area contributed by atoms with Crippen molar-refractivity contribution in [3.63, 3.8) is 0 Å². The van der Waals surface area contributed by atoms with Crippen LogP contribution in [-0.2, 0) is 0 Å². The van der Waals surface area contributed by atoms with Gasteiger partial charge in [-0.2, -0.15) is 0 Å². The number of fused-ring (bicyclic) bond motifs is 2. The Hall–Kier alpha value is -4.33. The number of Topliss-reactive ketones (excluding diaryl/α,β-unsaturated/α-hetero) is 1. The summed E-state index contributed by atoms with van der Waals surface area (Å²) in [5, 5.41) is 2.56. The average molecular weight is 414 g/mol. The molecule has 2 heterocycles. The number of nitrogens with one attached hydrogen (secondary N) is 2. The average Bonchev–Trinajstić information content (AvgIpc) is 3.15. The summed E-state index contributed by atoms with van der Waals surface area (Å²) in [6.07, 6.45) is -0.676. The molecule has 5 rings (SSSR count). The van der Waals surface area contributed by atoms with Gasteiger partial charge in [-0.1, -0.05) is 24.3 Å². The number of carbonyl (C=O) groups is 2. The molecule has 1 aliphatic heterocycles. The highest BCUT2D eigenvalue weighted by Crippen LogP contribution is 2.24. The van der Waals surface area contributed by atoms with Crippen LogP contribution in [0.3, 0.4) is 0 Å². The molecule has 0 unspecified atom stereocenters. The van der Waals surface area contributed by atoms with Gasteiger partial charge in [0.2, 0.25) is 5.95 Å². The fourth-order valence-corrected chi connectivity index (χ4v) is 3.46. The molecule has 4 aromatic rings. The number of hydrogen-bond donors (Lipinski definition) is 2. The van der Waals surface area contributed by atoms with Crippen LogP contribution in [0.4, 0.5) is 15.1 Å². The molecular weight excluding hydrogens is 399 g/mol. The van der Waals surface area contributed by atoms with Crippen molar-refractivity contribution in [2.24, 2.45) is 4.99 Å². The number of amides is 1. The lowest BCUT2D eigenvalue weighted by Gasteiger charge is -2.16. The van der Waals surface area contributed by atoms with E-state index >= 15 is 0 Å². The maximum Gasteiger partial charge on any atom is 0.419 e. The number of ketones is 1. The number of aromatic nitrogens is 2. The van der Waals surface area contributed by atoms with Gasteiger partial charge < -0.3 is 9.72 Å². The number of carbonyl (C=O) groups excluding carboxylic acids is 2. The number of rotatable bonds is 3. The Bertz CT molecular complexity index is 1360. The first-order valence-electron chi connectivity index (χ1n) is 9.48. The molecule has 0 radical (unpaired) electrons. The van der Waals surface area contributed by atoms with Crippen molar-refractivity contribution in [3.8, 4) is 5.75 Å². The minimum Gasteiger partial charge on any atom is -0.410 e. The van der Waals surface area contributed by atoms with Crippen molar-refractivity contribution in [3.05, 3.63) is 89.2 Å². The largest absolute Gasteiger partial charge is 0.419 e. The van der Waals surface area contributed by atoms with Crippen LogP contribution in [-0.4, -0.2) is 34.1 Å². The van der Waals surface area contributed by atoms with E-state index in [9.17, 15) is 14.0 Å². The van der Waals surface area contributed by atoms with Crippen LogP contribution in [0.15, 0.2) is 71.7 Å². The number of benzene rings is 3. The van der Waals surface area contributed by atoms with E-state index in [4.69, 9.17) is 4.74 Å². The Labute approximate surface area is 175 Å². The van der Waals surface area contributed by atoms with E-state index in [-0.39, 0.29) is 18.3 Å². The van der Waals surface area contributed by atoms with Gasteiger partial charge in [0, 0.05) is 16.7 Å². The molecule has 0 fully saturated rings. The summed E-state index contributed by atoms with van der Waals surface area (Å²) in [4.78, 5) is 35.9. The van der Waals surface area contributed by atoms with E-state index in [1.165, 1.54) is 18.2 Å². The number of aliphatic imine (C=N–C) groups is 1. The summed E-state index contributed by atoms with van der Waals surface area (Å²) < 4.78 is 19.0. The van der Waals surface area contributed by atoms with Crippen LogP contribution in [0.2, 0.25) is 0 Å². The highest BCUT2D eigenvalue weighted by Gasteiger charge is 2.22. The third-order valence-electron chi connectivity index (χ3n) is 4.85.